The Morgan fingerprint density at radius 1 is 1.12 bits per heavy atom. The summed E-state index contributed by atoms with van der Waals surface area (Å²) in [6.45, 7) is 3.08. The Labute approximate surface area is 154 Å². The fourth-order valence-corrected chi connectivity index (χ4v) is 3.22. The van der Waals surface area contributed by atoms with Crippen molar-refractivity contribution in [3.63, 3.8) is 0 Å². The zero-order chi connectivity index (χ0) is 17.8. The molecule has 1 heterocycles. The molecule has 2 aromatic carbocycles. The van der Waals surface area contributed by atoms with Crippen molar-refractivity contribution in [3.05, 3.63) is 70.9 Å². The molecular formula is C21H23ClN2O. The highest BCUT2D eigenvalue weighted by atomic mass is 35.5. The first-order valence-corrected chi connectivity index (χ1v) is 8.81. The van der Waals surface area contributed by atoms with Crippen molar-refractivity contribution in [1.82, 2.24) is 9.88 Å². The van der Waals surface area contributed by atoms with Crippen molar-refractivity contribution < 1.29 is 4.74 Å². The molecule has 0 radical (unpaired) electrons. The Bertz CT molecular complexity index is 848. The van der Waals surface area contributed by atoms with Crippen LogP contribution < -0.4 is 4.74 Å². The number of aromatic nitrogens is 1. The van der Waals surface area contributed by atoms with Crippen LogP contribution in [0.4, 0.5) is 0 Å². The molecular weight excluding hydrogens is 332 g/mol. The molecule has 0 saturated heterocycles. The molecule has 0 aliphatic heterocycles. The van der Waals surface area contributed by atoms with E-state index in [1.54, 1.807) is 7.11 Å². The highest BCUT2D eigenvalue weighted by molar-refractivity contribution is 6.35. The number of methoxy groups -OCH3 is 1. The highest BCUT2D eigenvalue weighted by Crippen LogP contribution is 2.26. The van der Waals surface area contributed by atoms with Crippen LogP contribution in [0.5, 0.6) is 5.75 Å². The van der Waals surface area contributed by atoms with E-state index in [9.17, 15) is 0 Å². The molecule has 3 aromatic rings. The molecule has 0 fully saturated rings. The number of hydrogen-bond acceptors (Lipinski definition) is 3. The second-order valence-corrected chi connectivity index (χ2v) is 6.83. The SMILES string of the molecule is COc1ccc(CC(C)N(C)Cc2ccc(Cl)c3cccnc23)cc1. The van der Waals surface area contributed by atoms with Gasteiger partial charge in [0, 0.05) is 29.2 Å². The Balaban J connectivity index is 1.73. The number of nitrogens with zero attached hydrogens (tertiary/aromatic N) is 2. The van der Waals surface area contributed by atoms with Gasteiger partial charge in [-0.05, 0) is 61.9 Å². The predicted octanol–water partition coefficient (Wildman–Crippen LogP) is 4.96. The van der Waals surface area contributed by atoms with E-state index in [1.165, 1.54) is 11.1 Å². The zero-order valence-corrected chi connectivity index (χ0v) is 15.6. The largest absolute Gasteiger partial charge is 0.497 e. The lowest BCUT2D eigenvalue weighted by Gasteiger charge is -2.25. The number of halogens is 1. The van der Waals surface area contributed by atoms with Crippen LogP contribution in [0, 0.1) is 0 Å². The number of ether oxygens (including phenoxy) is 1. The summed E-state index contributed by atoms with van der Waals surface area (Å²) in [5, 5.41) is 1.76. The fourth-order valence-electron chi connectivity index (χ4n) is 3.01. The standard InChI is InChI=1S/C21H23ClN2O/c1-15(13-16-6-9-18(25-3)10-7-16)24(2)14-17-8-11-20(22)19-5-4-12-23-21(17)19/h4-12,15H,13-14H2,1-3H3. The Hall–Kier alpha value is -2.10. The summed E-state index contributed by atoms with van der Waals surface area (Å²) in [6.07, 6.45) is 2.81. The number of fused-ring (bicyclic) bond motifs is 1. The molecule has 3 nitrogen and oxygen atoms in total. The maximum atomic E-state index is 6.30. The molecule has 4 heteroatoms. The van der Waals surface area contributed by atoms with Crippen LogP contribution in [0.3, 0.4) is 0 Å². The van der Waals surface area contributed by atoms with Crippen LogP contribution in [0.2, 0.25) is 5.02 Å². The van der Waals surface area contributed by atoms with Crippen LogP contribution in [0.15, 0.2) is 54.7 Å². The number of benzene rings is 2. The fraction of sp³-hybridized carbons (Fsp3) is 0.286. The van der Waals surface area contributed by atoms with Crippen LogP contribution in [-0.2, 0) is 13.0 Å². The molecule has 1 unspecified atom stereocenters. The molecule has 0 N–H and O–H groups in total. The average Bonchev–Trinajstić information content (AvgIpc) is 2.64. The van der Waals surface area contributed by atoms with Gasteiger partial charge in [0.15, 0.2) is 0 Å². The summed E-state index contributed by atoms with van der Waals surface area (Å²) in [7, 11) is 3.84. The summed E-state index contributed by atoms with van der Waals surface area (Å²) in [6, 6.07) is 16.7. The summed E-state index contributed by atoms with van der Waals surface area (Å²) < 4.78 is 5.22. The molecule has 0 bridgehead atoms. The van der Waals surface area contributed by atoms with Gasteiger partial charge >= 0.3 is 0 Å². The minimum atomic E-state index is 0.405. The second-order valence-electron chi connectivity index (χ2n) is 6.42. The van der Waals surface area contributed by atoms with Gasteiger partial charge in [-0.15, -0.1) is 0 Å². The van der Waals surface area contributed by atoms with Gasteiger partial charge in [-0.25, -0.2) is 0 Å². The van der Waals surface area contributed by atoms with Gasteiger partial charge in [0.1, 0.15) is 5.75 Å². The van der Waals surface area contributed by atoms with Crippen LogP contribution >= 0.6 is 11.6 Å². The molecule has 0 aliphatic carbocycles. The van der Waals surface area contributed by atoms with E-state index in [0.717, 1.165) is 34.6 Å². The van der Waals surface area contributed by atoms with Crippen molar-refractivity contribution in [3.8, 4) is 5.75 Å². The highest BCUT2D eigenvalue weighted by Gasteiger charge is 2.13. The van der Waals surface area contributed by atoms with Crippen molar-refractivity contribution in [2.45, 2.75) is 25.9 Å². The van der Waals surface area contributed by atoms with Gasteiger partial charge in [-0.1, -0.05) is 29.8 Å². The maximum Gasteiger partial charge on any atom is 0.118 e. The van der Waals surface area contributed by atoms with E-state index in [4.69, 9.17) is 16.3 Å². The van der Waals surface area contributed by atoms with E-state index >= 15 is 0 Å². The molecule has 1 aromatic heterocycles. The van der Waals surface area contributed by atoms with Crippen molar-refractivity contribution >= 4 is 22.5 Å². The van der Waals surface area contributed by atoms with Crippen LogP contribution in [0.1, 0.15) is 18.1 Å². The van der Waals surface area contributed by atoms with Crippen LogP contribution in [-0.4, -0.2) is 30.1 Å². The minimum absolute atomic E-state index is 0.405. The third kappa shape index (κ3) is 4.12. The van der Waals surface area contributed by atoms with E-state index in [1.807, 2.05) is 36.5 Å². The smallest absolute Gasteiger partial charge is 0.118 e. The first kappa shape index (κ1) is 17.7. The number of likely N-dealkylation sites (N-methyl/N-ethyl adjacent to an activating group) is 1. The topological polar surface area (TPSA) is 25.4 Å². The van der Waals surface area contributed by atoms with Crippen LogP contribution in [0.25, 0.3) is 10.9 Å². The lowest BCUT2D eigenvalue weighted by atomic mass is 10.0. The molecule has 0 aliphatic rings. The first-order valence-electron chi connectivity index (χ1n) is 8.43. The third-order valence-corrected chi connectivity index (χ3v) is 4.99. The van der Waals surface area contributed by atoms with E-state index in [2.05, 4.69) is 42.1 Å². The normalized spacial score (nSPS) is 12.5. The zero-order valence-electron chi connectivity index (χ0n) is 14.9. The monoisotopic (exact) mass is 354 g/mol. The third-order valence-electron chi connectivity index (χ3n) is 4.66. The lowest BCUT2D eigenvalue weighted by molar-refractivity contribution is 0.249. The molecule has 0 amide bonds. The Morgan fingerprint density at radius 2 is 1.88 bits per heavy atom. The molecule has 1 atom stereocenters. The summed E-state index contributed by atoms with van der Waals surface area (Å²) in [4.78, 5) is 6.88. The summed E-state index contributed by atoms with van der Waals surface area (Å²) in [5.74, 6) is 0.892. The minimum Gasteiger partial charge on any atom is -0.497 e. The van der Waals surface area contributed by atoms with Crippen molar-refractivity contribution in [2.75, 3.05) is 14.2 Å². The van der Waals surface area contributed by atoms with Gasteiger partial charge in [0.05, 0.1) is 12.6 Å². The first-order chi connectivity index (χ1) is 12.1. The average molecular weight is 355 g/mol. The molecule has 0 saturated carbocycles. The van der Waals surface area contributed by atoms with E-state index < -0.39 is 0 Å². The number of rotatable bonds is 6. The van der Waals surface area contributed by atoms with E-state index in [-0.39, 0.29) is 0 Å². The van der Waals surface area contributed by atoms with Gasteiger partial charge < -0.3 is 4.74 Å². The van der Waals surface area contributed by atoms with Gasteiger partial charge in [0.25, 0.3) is 0 Å². The number of pyridine rings is 1. The molecule has 130 valence electrons. The Kier molecular flexibility index (Phi) is 5.57. The predicted molar refractivity (Wildman–Crippen MR) is 104 cm³/mol. The molecule has 0 spiro atoms. The Morgan fingerprint density at radius 3 is 2.60 bits per heavy atom. The van der Waals surface area contributed by atoms with Gasteiger partial charge in [-0.3, -0.25) is 9.88 Å². The van der Waals surface area contributed by atoms with Crippen molar-refractivity contribution in [1.29, 1.82) is 0 Å². The second kappa shape index (κ2) is 7.85. The lowest BCUT2D eigenvalue weighted by Crippen LogP contribution is -2.30. The van der Waals surface area contributed by atoms with Crippen molar-refractivity contribution in [2.24, 2.45) is 0 Å². The molecule has 3 rings (SSSR count). The number of hydrogen-bond donors (Lipinski definition) is 0. The van der Waals surface area contributed by atoms with Gasteiger partial charge in [-0.2, -0.15) is 0 Å². The maximum absolute atomic E-state index is 6.30. The van der Waals surface area contributed by atoms with Gasteiger partial charge in [0.2, 0.25) is 0 Å². The summed E-state index contributed by atoms with van der Waals surface area (Å²) >= 11 is 6.30. The van der Waals surface area contributed by atoms with E-state index in [0.29, 0.717) is 6.04 Å². The molecule has 25 heavy (non-hydrogen) atoms. The summed E-state index contributed by atoms with van der Waals surface area (Å²) in [5.41, 5.74) is 3.49. The quantitative estimate of drug-likeness (QED) is 0.625.